The standard InChI is InChI=1S/C9H7F4NO/c10-6-2-4(9(12)13)1-5(8(6)11)7(15)3-14/h1-2,9H,3,14H2. The van der Waals surface area contributed by atoms with Gasteiger partial charge in [0.25, 0.3) is 6.43 Å². The van der Waals surface area contributed by atoms with E-state index in [2.05, 4.69) is 0 Å². The van der Waals surface area contributed by atoms with Crippen LogP contribution in [0.2, 0.25) is 0 Å². The molecule has 0 heterocycles. The number of halogens is 4. The third-order valence-electron chi connectivity index (χ3n) is 1.79. The molecule has 0 spiro atoms. The first-order chi connectivity index (χ1) is 6.97. The first-order valence-electron chi connectivity index (χ1n) is 3.97. The Hall–Kier alpha value is -1.43. The Labute approximate surface area is 82.7 Å². The first-order valence-corrected chi connectivity index (χ1v) is 3.97. The van der Waals surface area contributed by atoms with Crippen LogP contribution >= 0.6 is 0 Å². The molecule has 0 fully saturated rings. The fraction of sp³-hybridized carbons (Fsp3) is 0.222. The molecular weight excluding hydrogens is 214 g/mol. The SMILES string of the molecule is NCC(=O)c1cc(C(F)F)cc(F)c1F. The van der Waals surface area contributed by atoms with Crippen LogP contribution in [-0.2, 0) is 0 Å². The Morgan fingerprint density at radius 2 is 1.93 bits per heavy atom. The van der Waals surface area contributed by atoms with Crippen molar-refractivity contribution in [2.45, 2.75) is 6.43 Å². The normalized spacial score (nSPS) is 10.8. The molecule has 0 aliphatic rings. The molecule has 0 aliphatic heterocycles. The average molecular weight is 221 g/mol. The van der Waals surface area contributed by atoms with Crippen LogP contribution in [0, 0.1) is 11.6 Å². The molecule has 0 aliphatic carbocycles. The monoisotopic (exact) mass is 221 g/mol. The van der Waals surface area contributed by atoms with Crippen molar-refractivity contribution in [1.82, 2.24) is 0 Å². The summed E-state index contributed by atoms with van der Waals surface area (Å²) in [6, 6.07) is 0.964. The summed E-state index contributed by atoms with van der Waals surface area (Å²) in [7, 11) is 0. The molecule has 2 nitrogen and oxygen atoms in total. The maximum atomic E-state index is 13.0. The summed E-state index contributed by atoms with van der Waals surface area (Å²) in [6.07, 6.45) is -2.97. The van der Waals surface area contributed by atoms with Gasteiger partial charge in [-0.15, -0.1) is 0 Å². The topological polar surface area (TPSA) is 43.1 Å². The highest BCUT2D eigenvalue weighted by Crippen LogP contribution is 2.23. The van der Waals surface area contributed by atoms with E-state index >= 15 is 0 Å². The number of carbonyl (C=O) groups is 1. The quantitative estimate of drug-likeness (QED) is 0.627. The molecule has 0 aromatic heterocycles. The third kappa shape index (κ3) is 2.33. The van der Waals surface area contributed by atoms with Crippen molar-refractivity contribution in [2.75, 3.05) is 6.54 Å². The van der Waals surface area contributed by atoms with E-state index in [9.17, 15) is 22.4 Å². The van der Waals surface area contributed by atoms with Crippen LogP contribution in [0.4, 0.5) is 17.6 Å². The zero-order valence-corrected chi connectivity index (χ0v) is 7.44. The number of benzene rings is 1. The fourth-order valence-electron chi connectivity index (χ4n) is 1.05. The summed E-state index contributed by atoms with van der Waals surface area (Å²) >= 11 is 0. The highest BCUT2D eigenvalue weighted by Gasteiger charge is 2.19. The summed E-state index contributed by atoms with van der Waals surface area (Å²) < 4.78 is 50.2. The smallest absolute Gasteiger partial charge is 0.263 e. The van der Waals surface area contributed by atoms with Crippen molar-refractivity contribution < 1.29 is 22.4 Å². The predicted molar refractivity (Wildman–Crippen MR) is 44.7 cm³/mol. The molecule has 0 radical (unpaired) electrons. The molecule has 0 unspecified atom stereocenters. The van der Waals surface area contributed by atoms with Gasteiger partial charge in [-0.2, -0.15) is 0 Å². The van der Waals surface area contributed by atoms with Gasteiger partial charge < -0.3 is 5.73 Å². The molecule has 1 aromatic carbocycles. The van der Waals surface area contributed by atoms with E-state index < -0.39 is 41.5 Å². The lowest BCUT2D eigenvalue weighted by molar-refractivity contribution is 0.0995. The van der Waals surface area contributed by atoms with E-state index in [0.29, 0.717) is 12.1 Å². The van der Waals surface area contributed by atoms with Gasteiger partial charge in [0.15, 0.2) is 17.4 Å². The second-order valence-corrected chi connectivity index (χ2v) is 2.79. The van der Waals surface area contributed by atoms with Gasteiger partial charge >= 0.3 is 0 Å². The molecule has 0 saturated heterocycles. The van der Waals surface area contributed by atoms with Crippen LogP contribution in [0.1, 0.15) is 22.3 Å². The largest absolute Gasteiger partial charge is 0.324 e. The number of alkyl halides is 2. The highest BCUT2D eigenvalue weighted by molar-refractivity contribution is 5.97. The maximum absolute atomic E-state index is 13.0. The van der Waals surface area contributed by atoms with E-state index in [1.54, 1.807) is 0 Å². The van der Waals surface area contributed by atoms with Gasteiger partial charge in [-0.3, -0.25) is 4.79 Å². The minimum atomic E-state index is -2.97. The molecule has 0 saturated carbocycles. The third-order valence-corrected chi connectivity index (χ3v) is 1.79. The summed E-state index contributed by atoms with van der Waals surface area (Å²) in [6.45, 7) is -0.566. The van der Waals surface area contributed by atoms with Crippen LogP contribution in [0.15, 0.2) is 12.1 Å². The Bertz CT molecular complexity index is 392. The maximum Gasteiger partial charge on any atom is 0.263 e. The van der Waals surface area contributed by atoms with E-state index in [4.69, 9.17) is 5.73 Å². The summed E-state index contributed by atoms with van der Waals surface area (Å²) in [5, 5.41) is 0. The van der Waals surface area contributed by atoms with Crippen molar-refractivity contribution in [3.63, 3.8) is 0 Å². The Kier molecular flexibility index (Phi) is 3.41. The van der Waals surface area contributed by atoms with E-state index in [1.807, 2.05) is 0 Å². The Morgan fingerprint density at radius 3 is 2.40 bits per heavy atom. The number of nitrogens with two attached hydrogens (primary N) is 1. The molecule has 1 aromatic rings. The van der Waals surface area contributed by atoms with Crippen molar-refractivity contribution in [3.05, 3.63) is 34.9 Å². The predicted octanol–water partition coefficient (Wildman–Crippen LogP) is 2.04. The first kappa shape index (κ1) is 11.6. The number of hydrogen-bond donors (Lipinski definition) is 1. The summed E-state index contributed by atoms with van der Waals surface area (Å²) in [4.78, 5) is 11.0. The Balaban J connectivity index is 3.31. The molecule has 15 heavy (non-hydrogen) atoms. The van der Waals surface area contributed by atoms with Crippen LogP contribution in [-0.4, -0.2) is 12.3 Å². The molecule has 0 atom stereocenters. The minimum absolute atomic E-state index is 0.354. The van der Waals surface area contributed by atoms with Gasteiger partial charge in [-0.05, 0) is 12.1 Å². The minimum Gasteiger partial charge on any atom is -0.324 e. The van der Waals surface area contributed by atoms with Crippen molar-refractivity contribution in [1.29, 1.82) is 0 Å². The molecule has 0 bridgehead atoms. The zero-order chi connectivity index (χ0) is 11.6. The Morgan fingerprint density at radius 1 is 1.33 bits per heavy atom. The molecule has 2 N–H and O–H groups in total. The summed E-state index contributed by atoms with van der Waals surface area (Å²) in [5.74, 6) is -3.85. The molecule has 82 valence electrons. The lowest BCUT2D eigenvalue weighted by Crippen LogP contribution is -2.16. The van der Waals surface area contributed by atoms with Gasteiger partial charge in [0, 0.05) is 5.56 Å². The van der Waals surface area contributed by atoms with Gasteiger partial charge in [0.1, 0.15) is 0 Å². The number of carbonyl (C=O) groups excluding carboxylic acids is 1. The number of Topliss-reactive ketones (excluding diaryl/α,β-unsaturated/α-hetero) is 1. The molecule has 0 amide bonds. The summed E-state index contributed by atoms with van der Waals surface area (Å²) in [5.41, 5.74) is 3.44. The number of ketones is 1. The van der Waals surface area contributed by atoms with E-state index in [-0.39, 0.29) is 0 Å². The van der Waals surface area contributed by atoms with E-state index in [1.165, 1.54) is 0 Å². The van der Waals surface area contributed by atoms with Crippen LogP contribution in [0.3, 0.4) is 0 Å². The van der Waals surface area contributed by atoms with Crippen molar-refractivity contribution >= 4 is 5.78 Å². The van der Waals surface area contributed by atoms with Gasteiger partial charge in [-0.1, -0.05) is 0 Å². The second kappa shape index (κ2) is 4.39. The molecule has 6 heteroatoms. The van der Waals surface area contributed by atoms with Gasteiger partial charge in [-0.25, -0.2) is 17.6 Å². The van der Waals surface area contributed by atoms with E-state index in [0.717, 1.165) is 0 Å². The fourth-order valence-corrected chi connectivity index (χ4v) is 1.05. The van der Waals surface area contributed by atoms with Crippen LogP contribution < -0.4 is 5.73 Å². The number of hydrogen-bond acceptors (Lipinski definition) is 2. The second-order valence-electron chi connectivity index (χ2n) is 2.79. The average Bonchev–Trinajstić information content (AvgIpc) is 2.20. The van der Waals surface area contributed by atoms with Crippen LogP contribution in [0.5, 0.6) is 0 Å². The van der Waals surface area contributed by atoms with Gasteiger partial charge in [0.2, 0.25) is 0 Å². The zero-order valence-electron chi connectivity index (χ0n) is 7.44. The molecule has 1 rings (SSSR count). The molecular formula is C9H7F4NO. The number of rotatable bonds is 3. The lowest BCUT2D eigenvalue weighted by Gasteiger charge is -2.05. The van der Waals surface area contributed by atoms with Crippen molar-refractivity contribution in [3.8, 4) is 0 Å². The lowest BCUT2D eigenvalue weighted by atomic mass is 10.1. The highest BCUT2D eigenvalue weighted by atomic mass is 19.3. The van der Waals surface area contributed by atoms with Gasteiger partial charge in [0.05, 0.1) is 12.1 Å². The van der Waals surface area contributed by atoms with Crippen molar-refractivity contribution in [2.24, 2.45) is 5.73 Å². The van der Waals surface area contributed by atoms with Crippen LogP contribution in [0.25, 0.3) is 0 Å².